The van der Waals surface area contributed by atoms with Crippen molar-refractivity contribution in [2.24, 2.45) is 0 Å². The molecule has 2 N–H and O–H groups in total. The van der Waals surface area contributed by atoms with Gasteiger partial charge in [-0.25, -0.2) is 4.98 Å². The molecule has 146 valence electrons. The summed E-state index contributed by atoms with van der Waals surface area (Å²) in [7, 11) is 3.18. The van der Waals surface area contributed by atoms with E-state index in [0.29, 0.717) is 23.0 Å². The van der Waals surface area contributed by atoms with Gasteiger partial charge in [-0.1, -0.05) is 12.1 Å². The molecular weight excluding hydrogens is 368 g/mol. The molecule has 1 aromatic heterocycles. The molecule has 0 bridgehead atoms. The number of rotatable bonds is 5. The van der Waals surface area contributed by atoms with E-state index in [0.717, 1.165) is 27.9 Å². The lowest BCUT2D eigenvalue weighted by Gasteiger charge is -2.11. The van der Waals surface area contributed by atoms with Crippen LogP contribution in [0.25, 0.3) is 22.2 Å². The topological polar surface area (TPSA) is 89.4 Å². The Bertz CT molecular complexity index is 1190. The van der Waals surface area contributed by atoms with Gasteiger partial charge >= 0.3 is 0 Å². The van der Waals surface area contributed by atoms with Crippen LogP contribution in [-0.4, -0.2) is 34.5 Å². The van der Waals surface area contributed by atoms with Gasteiger partial charge < -0.3 is 19.9 Å². The Morgan fingerprint density at radius 2 is 1.69 bits per heavy atom. The molecule has 4 rings (SSSR count). The molecule has 7 nitrogen and oxygen atoms in total. The Balaban J connectivity index is 1.73. The van der Waals surface area contributed by atoms with Crippen molar-refractivity contribution in [1.82, 2.24) is 15.2 Å². The first kappa shape index (κ1) is 18.5. The molecule has 3 aromatic carbocycles. The number of ether oxygens (including phenoxy) is 2. The maximum atomic E-state index is 9.95. The molecule has 1 heterocycles. The number of methoxy groups -OCH3 is 2. The minimum Gasteiger partial charge on any atom is -0.508 e. The van der Waals surface area contributed by atoms with Gasteiger partial charge in [0.15, 0.2) is 0 Å². The summed E-state index contributed by atoms with van der Waals surface area (Å²) in [5.74, 6) is 1.80. The van der Waals surface area contributed by atoms with Crippen molar-refractivity contribution in [2.75, 3.05) is 19.5 Å². The third-order valence-corrected chi connectivity index (χ3v) is 4.56. The van der Waals surface area contributed by atoms with Crippen LogP contribution < -0.4 is 14.8 Å². The fourth-order valence-electron chi connectivity index (χ4n) is 3.17. The number of nitrogens with zero attached hydrogens (tertiary/aromatic N) is 3. The van der Waals surface area contributed by atoms with Crippen LogP contribution >= 0.6 is 0 Å². The van der Waals surface area contributed by atoms with Crippen LogP contribution in [0.5, 0.6) is 17.2 Å². The number of aromatic hydroxyl groups is 1. The van der Waals surface area contributed by atoms with E-state index in [1.165, 1.54) is 0 Å². The normalized spacial score (nSPS) is 10.7. The molecule has 7 heteroatoms. The Hall–Kier alpha value is -3.87. The number of hydrogen-bond donors (Lipinski definition) is 2. The average molecular weight is 388 g/mol. The van der Waals surface area contributed by atoms with Crippen molar-refractivity contribution in [1.29, 1.82) is 0 Å². The minimum absolute atomic E-state index is 0.137. The smallest absolute Gasteiger partial charge is 0.247 e. The third kappa shape index (κ3) is 3.75. The molecule has 4 aromatic rings. The second-order valence-corrected chi connectivity index (χ2v) is 6.54. The van der Waals surface area contributed by atoms with E-state index in [2.05, 4.69) is 20.5 Å². The lowest BCUT2D eigenvalue weighted by Crippen LogP contribution is -2.02. The van der Waals surface area contributed by atoms with Crippen LogP contribution in [0.3, 0.4) is 0 Å². The minimum atomic E-state index is 0.137. The predicted molar refractivity (Wildman–Crippen MR) is 112 cm³/mol. The number of benzene rings is 3. The van der Waals surface area contributed by atoms with Crippen molar-refractivity contribution >= 4 is 22.7 Å². The number of aromatic nitrogens is 3. The first-order chi connectivity index (χ1) is 14.1. The number of fused-ring (bicyclic) bond motifs is 1. The zero-order chi connectivity index (χ0) is 20.4. The van der Waals surface area contributed by atoms with Crippen LogP contribution in [0.2, 0.25) is 0 Å². The summed E-state index contributed by atoms with van der Waals surface area (Å²) in [6, 6.07) is 16.5. The number of anilines is 2. The molecule has 0 radical (unpaired) electrons. The average Bonchev–Trinajstić information content (AvgIpc) is 2.74. The molecule has 0 aliphatic carbocycles. The molecule has 0 atom stereocenters. The quantitative estimate of drug-likeness (QED) is 0.521. The zero-order valence-electron chi connectivity index (χ0n) is 16.3. The van der Waals surface area contributed by atoms with E-state index in [9.17, 15) is 5.11 Å². The lowest BCUT2D eigenvalue weighted by molar-refractivity contribution is 0.408. The van der Waals surface area contributed by atoms with Gasteiger partial charge in [-0.05, 0) is 60.0 Å². The molecule has 0 aliphatic heterocycles. The molecule has 0 saturated heterocycles. The van der Waals surface area contributed by atoms with E-state index in [-0.39, 0.29) is 5.75 Å². The SMILES string of the molecule is COc1cc(O)cc(-c2cc(C)c3nc(Nc4ccccc4OC)nnc3c2)c1. The molecular formula is C22H20N4O3. The molecule has 0 unspecified atom stereocenters. The van der Waals surface area contributed by atoms with Crippen molar-refractivity contribution in [2.45, 2.75) is 6.92 Å². The summed E-state index contributed by atoms with van der Waals surface area (Å²) in [4.78, 5) is 4.62. The van der Waals surface area contributed by atoms with Gasteiger partial charge in [-0.3, -0.25) is 0 Å². The number of phenolic OH excluding ortho intramolecular Hbond substituents is 1. The summed E-state index contributed by atoms with van der Waals surface area (Å²) < 4.78 is 10.6. The third-order valence-electron chi connectivity index (χ3n) is 4.56. The summed E-state index contributed by atoms with van der Waals surface area (Å²) in [5, 5.41) is 21.6. The zero-order valence-corrected chi connectivity index (χ0v) is 16.3. The Morgan fingerprint density at radius 1 is 0.897 bits per heavy atom. The number of phenols is 1. The number of nitrogens with one attached hydrogen (secondary N) is 1. The van der Waals surface area contributed by atoms with E-state index in [4.69, 9.17) is 9.47 Å². The number of hydrogen-bond acceptors (Lipinski definition) is 7. The van der Waals surface area contributed by atoms with Crippen molar-refractivity contribution in [3.05, 3.63) is 60.2 Å². The predicted octanol–water partition coefficient (Wildman–Crippen LogP) is 4.47. The first-order valence-electron chi connectivity index (χ1n) is 9.01. The van der Waals surface area contributed by atoms with Crippen LogP contribution in [0.4, 0.5) is 11.6 Å². The highest BCUT2D eigenvalue weighted by atomic mass is 16.5. The Labute approximate surface area is 168 Å². The maximum Gasteiger partial charge on any atom is 0.247 e. The Kier molecular flexibility index (Phi) is 4.87. The highest BCUT2D eigenvalue weighted by Crippen LogP contribution is 2.32. The molecule has 0 amide bonds. The van der Waals surface area contributed by atoms with Crippen LogP contribution in [0.1, 0.15) is 5.56 Å². The van der Waals surface area contributed by atoms with Crippen molar-refractivity contribution < 1.29 is 14.6 Å². The second kappa shape index (κ2) is 7.63. The summed E-state index contributed by atoms with van der Waals surface area (Å²) in [6.45, 7) is 1.97. The van der Waals surface area contributed by atoms with Crippen LogP contribution in [0, 0.1) is 6.92 Å². The molecule has 0 aliphatic rings. The fourth-order valence-corrected chi connectivity index (χ4v) is 3.17. The van der Waals surface area contributed by atoms with Gasteiger partial charge in [-0.15, -0.1) is 10.2 Å². The van der Waals surface area contributed by atoms with Gasteiger partial charge in [0.05, 0.1) is 25.4 Å². The van der Waals surface area contributed by atoms with Gasteiger partial charge in [0.25, 0.3) is 0 Å². The second-order valence-electron chi connectivity index (χ2n) is 6.54. The Morgan fingerprint density at radius 3 is 2.48 bits per heavy atom. The largest absolute Gasteiger partial charge is 0.508 e. The van der Waals surface area contributed by atoms with Crippen LogP contribution in [-0.2, 0) is 0 Å². The van der Waals surface area contributed by atoms with Crippen molar-refractivity contribution in [3.8, 4) is 28.4 Å². The number of aryl methyl sites for hydroxylation is 1. The van der Waals surface area contributed by atoms with Gasteiger partial charge in [0.2, 0.25) is 5.95 Å². The summed E-state index contributed by atoms with van der Waals surface area (Å²) >= 11 is 0. The van der Waals surface area contributed by atoms with E-state index >= 15 is 0 Å². The highest BCUT2D eigenvalue weighted by molar-refractivity contribution is 5.85. The van der Waals surface area contributed by atoms with Gasteiger partial charge in [0.1, 0.15) is 22.8 Å². The molecule has 0 spiro atoms. The summed E-state index contributed by atoms with van der Waals surface area (Å²) in [5.41, 5.74) is 4.83. The fraction of sp³-hybridized carbons (Fsp3) is 0.136. The van der Waals surface area contributed by atoms with Gasteiger partial charge in [0, 0.05) is 6.07 Å². The van der Waals surface area contributed by atoms with Gasteiger partial charge in [-0.2, -0.15) is 0 Å². The number of para-hydroxylation sites is 2. The maximum absolute atomic E-state index is 9.95. The van der Waals surface area contributed by atoms with Crippen molar-refractivity contribution in [3.63, 3.8) is 0 Å². The molecule has 0 fully saturated rings. The molecule has 29 heavy (non-hydrogen) atoms. The van der Waals surface area contributed by atoms with E-state index < -0.39 is 0 Å². The summed E-state index contributed by atoms with van der Waals surface area (Å²) in [6.07, 6.45) is 0. The lowest BCUT2D eigenvalue weighted by atomic mass is 10.0. The molecule has 0 saturated carbocycles. The monoisotopic (exact) mass is 388 g/mol. The standard InChI is InChI=1S/C22H20N4O3/c1-13-8-14(15-9-16(27)12-17(10-15)28-2)11-19-21(13)24-22(26-25-19)23-18-6-4-5-7-20(18)29-3/h4-12,27H,1-3H3,(H,23,24,26). The van der Waals surface area contributed by atoms with Crippen LogP contribution in [0.15, 0.2) is 54.6 Å². The first-order valence-corrected chi connectivity index (χ1v) is 9.01. The van der Waals surface area contributed by atoms with E-state index in [1.54, 1.807) is 26.4 Å². The van der Waals surface area contributed by atoms with E-state index in [1.807, 2.05) is 49.4 Å². The highest BCUT2D eigenvalue weighted by Gasteiger charge is 2.11.